The molecule has 0 N–H and O–H groups in total. The maximum atomic E-state index is 2.85. The van der Waals surface area contributed by atoms with Crippen molar-refractivity contribution < 1.29 is 0 Å². The Kier molecular flexibility index (Phi) is 9.24. The fourth-order valence-corrected chi connectivity index (χ4v) is 15.3. The fraction of sp³-hybridized carbons (Fsp3) is 0.351. The highest BCUT2D eigenvalue weighted by molar-refractivity contribution is 7.04. The van der Waals surface area contributed by atoms with Gasteiger partial charge in [-0.2, -0.15) is 0 Å². The number of aromatic nitrogens is 3. The smallest absolute Gasteiger partial charge is 0.252 e. The minimum atomic E-state index is -0.0945. The third-order valence-electron chi connectivity index (χ3n) is 19.7. The van der Waals surface area contributed by atoms with Crippen LogP contribution >= 0.6 is 0 Å². The summed E-state index contributed by atoms with van der Waals surface area (Å²) in [6.07, 6.45) is 0. The van der Waals surface area contributed by atoms with Crippen LogP contribution in [-0.2, 0) is 32.5 Å². The van der Waals surface area contributed by atoms with Gasteiger partial charge in [-0.3, -0.25) is 0 Å². The van der Waals surface area contributed by atoms with Crippen LogP contribution < -0.4 is 32.8 Å². The fourth-order valence-electron chi connectivity index (χ4n) is 15.3. The van der Waals surface area contributed by atoms with Crippen molar-refractivity contribution in [2.24, 2.45) is 0 Å². The normalized spacial score (nSPS) is 14.8. The van der Waals surface area contributed by atoms with E-state index >= 15 is 0 Å². The Labute approximate surface area is 469 Å². The zero-order chi connectivity index (χ0) is 55.8. The molecule has 4 aliphatic heterocycles. The van der Waals surface area contributed by atoms with Crippen molar-refractivity contribution in [3.05, 3.63) is 148 Å². The average molecular weight is 1030 g/mol. The lowest BCUT2D eigenvalue weighted by Crippen LogP contribution is -2.67. The Morgan fingerprint density at radius 1 is 0.291 bits per heavy atom. The van der Waals surface area contributed by atoms with Gasteiger partial charge < -0.3 is 13.7 Å². The standard InChI is InChI=1S/C74H77B2N3/c1-38-22-21-23-39(2)58(38)59-66-60-68-61-67(59)78-57-27-25-41(70(6,7)8)29-47(57)49-31-43(72(12,13)14)35-53(63(49)78)76(61)55-37-45(74(18,19)20)33-51-50-32-44(73(15,16)17)36-54(64(50)79(68)65(51)55)75(60)52-34-42(71(9,10)11)30-48-46-28-40(69(3,4)5)24-26-56(46)77(66)62(48)52/h21-37H,1-20H3. The Bertz CT molecular complexity index is 4380. The molecular formula is C74H77B2N3. The molecule has 0 aliphatic carbocycles. The molecule has 3 aromatic heterocycles. The van der Waals surface area contributed by atoms with Gasteiger partial charge in [-0.1, -0.05) is 179 Å². The summed E-state index contributed by atoms with van der Waals surface area (Å²) in [6, 6.07) is 43.1. The molecular weight excluding hydrogens is 952 g/mol. The number of rotatable bonds is 1. The van der Waals surface area contributed by atoms with E-state index in [-0.39, 0.29) is 45.9 Å². The highest BCUT2D eigenvalue weighted by Gasteiger charge is 2.52. The molecule has 0 spiro atoms. The summed E-state index contributed by atoms with van der Waals surface area (Å²) in [5, 5.41) is 8.19. The molecule has 0 saturated heterocycles. The summed E-state index contributed by atoms with van der Waals surface area (Å²) in [6.45, 7) is 48.0. The van der Waals surface area contributed by atoms with Gasteiger partial charge in [-0.15, -0.1) is 0 Å². The van der Waals surface area contributed by atoms with Crippen LogP contribution in [0.2, 0.25) is 0 Å². The zero-order valence-electron chi connectivity index (χ0n) is 50.8. The Balaban J connectivity index is 1.30. The average Bonchev–Trinajstić information content (AvgIpc) is 1.81. The molecule has 11 aromatic rings. The van der Waals surface area contributed by atoms with Crippen molar-refractivity contribution in [1.82, 2.24) is 13.7 Å². The quantitative estimate of drug-likeness (QED) is 0.146. The van der Waals surface area contributed by atoms with E-state index in [2.05, 4.69) is 255 Å². The lowest BCUT2D eigenvalue weighted by Gasteiger charge is -2.43. The van der Waals surface area contributed by atoms with E-state index in [4.69, 9.17) is 0 Å². The molecule has 79 heavy (non-hydrogen) atoms. The predicted molar refractivity (Wildman–Crippen MR) is 346 cm³/mol. The van der Waals surface area contributed by atoms with Crippen LogP contribution in [-0.4, -0.2) is 27.1 Å². The summed E-state index contributed by atoms with van der Waals surface area (Å²) in [5.74, 6) is 0. The third-order valence-corrected chi connectivity index (χ3v) is 19.7. The van der Waals surface area contributed by atoms with Crippen molar-refractivity contribution in [2.75, 3.05) is 0 Å². The maximum absolute atomic E-state index is 2.85. The largest absolute Gasteiger partial charge is 0.311 e. The first-order valence-corrected chi connectivity index (χ1v) is 29.6. The van der Waals surface area contributed by atoms with Crippen molar-refractivity contribution in [2.45, 2.75) is 171 Å². The van der Waals surface area contributed by atoms with Gasteiger partial charge in [-0.05, 0) is 178 Å². The highest BCUT2D eigenvalue weighted by Crippen LogP contribution is 2.51. The van der Waals surface area contributed by atoms with Crippen LogP contribution in [0.3, 0.4) is 0 Å². The molecule has 8 aromatic carbocycles. The van der Waals surface area contributed by atoms with E-state index in [1.165, 1.54) is 171 Å². The molecule has 0 radical (unpaired) electrons. The van der Waals surface area contributed by atoms with E-state index in [0.29, 0.717) is 0 Å². The van der Waals surface area contributed by atoms with Crippen molar-refractivity contribution in [3.63, 3.8) is 0 Å². The van der Waals surface area contributed by atoms with Crippen LogP contribution in [0.25, 0.3) is 93.6 Å². The minimum Gasteiger partial charge on any atom is -0.311 e. The SMILES string of the molecule is Cc1cccc(C)c1-c1c2c3c4c5c1-n1c6ccc(C(C)(C)C)cc6c6cc(C(C)(C)C)cc(c61)B5c1cc(C(C)(C)C)cc5c6cc(C(C)(C)C)cc(c6n-4c15)B3c1cc(C(C)(C)C)cc3c4cc(C(C)(C)C)ccc4n-2c13. The van der Waals surface area contributed by atoms with Crippen molar-refractivity contribution in [1.29, 1.82) is 0 Å². The van der Waals surface area contributed by atoms with Gasteiger partial charge >= 0.3 is 0 Å². The van der Waals surface area contributed by atoms with Crippen LogP contribution in [0.1, 0.15) is 169 Å². The van der Waals surface area contributed by atoms with Crippen LogP contribution in [0.15, 0.2) is 103 Å². The van der Waals surface area contributed by atoms with E-state index in [9.17, 15) is 0 Å². The first-order chi connectivity index (χ1) is 36.8. The second-order valence-electron chi connectivity index (χ2n) is 31.2. The monoisotopic (exact) mass is 1030 g/mol. The molecule has 0 saturated carbocycles. The number of fused-ring (bicyclic) bond motifs is 13. The van der Waals surface area contributed by atoms with Crippen LogP contribution in [0, 0.1) is 13.8 Å². The molecule has 4 aliphatic rings. The lowest BCUT2D eigenvalue weighted by molar-refractivity contribution is 0.590. The van der Waals surface area contributed by atoms with Gasteiger partial charge in [0, 0.05) is 65.6 Å². The first-order valence-electron chi connectivity index (χ1n) is 29.6. The predicted octanol–water partition coefficient (Wildman–Crippen LogP) is 15.3. The first kappa shape index (κ1) is 49.3. The molecule has 3 nitrogen and oxygen atoms in total. The summed E-state index contributed by atoms with van der Waals surface area (Å²) in [7, 11) is 0. The van der Waals surface area contributed by atoms with Gasteiger partial charge in [0.15, 0.2) is 0 Å². The van der Waals surface area contributed by atoms with E-state index < -0.39 is 0 Å². The molecule has 15 rings (SSSR count). The second-order valence-corrected chi connectivity index (χ2v) is 31.2. The van der Waals surface area contributed by atoms with Crippen LogP contribution in [0.4, 0.5) is 0 Å². The highest BCUT2D eigenvalue weighted by atomic mass is 15.1. The minimum absolute atomic E-state index is 0.0274. The molecule has 5 heteroatoms. The molecule has 0 amide bonds. The van der Waals surface area contributed by atoms with Crippen molar-refractivity contribution in [3.8, 4) is 28.2 Å². The Hall–Kier alpha value is -6.71. The second kappa shape index (κ2) is 14.8. The zero-order valence-corrected chi connectivity index (χ0v) is 50.8. The van der Waals surface area contributed by atoms with Gasteiger partial charge in [0.1, 0.15) is 0 Å². The molecule has 0 unspecified atom stereocenters. The van der Waals surface area contributed by atoms with Crippen LogP contribution in [0.5, 0.6) is 0 Å². The van der Waals surface area contributed by atoms with Crippen molar-refractivity contribution >= 4 is 112 Å². The molecule has 394 valence electrons. The Morgan fingerprint density at radius 2 is 0.582 bits per heavy atom. The number of nitrogens with zero attached hydrogens (tertiary/aromatic N) is 3. The van der Waals surface area contributed by atoms with Gasteiger partial charge in [0.2, 0.25) is 0 Å². The summed E-state index contributed by atoms with van der Waals surface area (Å²) >= 11 is 0. The number of hydrogen-bond donors (Lipinski definition) is 0. The van der Waals surface area contributed by atoms with Gasteiger partial charge in [0.05, 0.1) is 22.4 Å². The summed E-state index contributed by atoms with van der Waals surface area (Å²) in [5.41, 5.74) is 34.0. The van der Waals surface area contributed by atoms with E-state index in [1.54, 1.807) is 0 Å². The summed E-state index contributed by atoms with van der Waals surface area (Å²) < 4.78 is 8.47. The van der Waals surface area contributed by atoms with Gasteiger partial charge in [-0.25, -0.2) is 0 Å². The number of aryl methyl sites for hydroxylation is 2. The lowest BCUT2D eigenvalue weighted by atomic mass is 9.29. The maximum Gasteiger partial charge on any atom is 0.252 e. The molecule has 7 heterocycles. The number of hydrogen-bond acceptors (Lipinski definition) is 0. The van der Waals surface area contributed by atoms with E-state index in [0.717, 1.165) is 0 Å². The number of benzene rings is 8. The van der Waals surface area contributed by atoms with E-state index in [1.807, 2.05) is 0 Å². The van der Waals surface area contributed by atoms with Gasteiger partial charge in [0.25, 0.3) is 13.4 Å². The topological polar surface area (TPSA) is 14.8 Å². The summed E-state index contributed by atoms with van der Waals surface area (Å²) in [4.78, 5) is 0. The Morgan fingerprint density at radius 3 is 0.899 bits per heavy atom. The third kappa shape index (κ3) is 6.29. The molecule has 0 fully saturated rings. The molecule has 0 atom stereocenters. The molecule has 0 bridgehead atoms.